The first kappa shape index (κ1) is 16.5. The first-order chi connectivity index (χ1) is 9.12. The van der Waals surface area contributed by atoms with Gasteiger partial charge in [0.1, 0.15) is 0 Å². The highest BCUT2D eigenvalue weighted by atomic mass is 19.4. The largest absolute Gasteiger partial charge is 0.480 e. The number of alkyl halides is 3. The van der Waals surface area contributed by atoms with Gasteiger partial charge in [-0.2, -0.15) is 13.2 Å². The molecule has 116 valence electrons. The maximum absolute atomic E-state index is 12.6. The molecule has 1 fully saturated rings. The van der Waals surface area contributed by atoms with E-state index in [0.29, 0.717) is 0 Å². The Kier molecular flexibility index (Phi) is 5.21. The predicted octanol–water partition coefficient (Wildman–Crippen LogP) is 0.804. The van der Waals surface area contributed by atoms with Crippen LogP contribution in [-0.2, 0) is 4.79 Å². The van der Waals surface area contributed by atoms with Gasteiger partial charge in [-0.15, -0.1) is 0 Å². The Morgan fingerprint density at radius 1 is 1.40 bits per heavy atom. The van der Waals surface area contributed by atoms with Crippen LogP contribution < -0.4 is 5.32 Å². The van der Waals surface area contributed by atoms with E-state index >= 15 is 0 Å². The predicted molar refractivity (Wildman–Crippen MR) is 62.0 cm³/mol. The van der Waals surface area contributed by atoms with Crippen LogP contribution in [0.25, 0.3) is 0 Å². The van der Waals surface area contributed by atoms with Crippen LogP contribution in [0.2, 0.25) is 0 Å². The molecule has 0 bridgehead atoms. The molecule has 2 amide bonds. The van der Waals surface area contributed by atoms with Crippen molar-refractivity contribution in [2.75, 3.05) is 13.1 Å². The third kappa shape index (κ3) is 4.26. The Bertz CT molecular complexity index is 373. The van der Waals surface area contributed by atoms with Crippen molar-refractivity contribution in [3.8, 4) is 0 Å². The standard InChI is InChI=1S/C11H17F3N2O4/c1-6(17)8(9(18)19)15-10(20)16-4-2-3-7(5-16)11(12,13)14/h6-8,17H,2-5H2,1H3,(H,15,20)(H,18,19). The number of nitrogens with one attached hydrogen (secondary N) is 1. The lowest BCUT2D eigenvalue weighted by atomic mass is 9.98. The third-order valence-corrected chi connectivity index (χ3v) is 3.20. The van der Waals surface area contributed by atoms with Gasteiger partial charge in [0.2, 0.25) is 0 Å². The molecule has 0 saturated carbocycles. The molecule has 1 saturated heterocycles. The van der Waals surface area contributed by atoms with Crippen LogP contribution in [0.15, 0.2) is 0 Å². The zero-order valence-electron chi connectivity index (χ0n) is 10.9. The molecule has 3 N–H and O–H groups in total. The summed E-state index contributed by atoms with van der Waals surface area (Å²) in [7, 11) is 0. The topological polar surface area (TPSA) is 89.9 Å². The van der Waals surface area contributed by atoms with Crippen LogP contribution in [0.4, 0.5) is 18.0 Å². The van der Waals surface area contributed by atoms with Crippen LogP contribution in [-0.4, -0.2) is 58.5 Å². The van der Waals surface area contributed by atoms with Gasteiger partial charge in [-0.3, -0.25) is 0 Å². The minimum Gasteiger partial charge on any atom is -0.480 e. The van der Waals surface area contributed by atoms with Crippen molar-refractivity contribution < 1.29 is 33.0 Å². The highest BCUT2D eigenvalue weighted by molar-refractivity contribution is 5.83. The number of carbonyl (C=O) groups excluding carboxylic acids is 1. The number of carboxylic acid groups (broad SMARTS) is 1. The van der Waals surface area contributed by atoms with Gasteiger partial charge in [0.15, 0.2) is 6.04 Å². The Balaban J connectivity index is 2.65. The minimum atomic E-state index is -4.38. The summed E-state index contributed by atoms with van der Waals surface area (Å²) in [4.78, 5) is 23.5. The molecule has 0 radical (unpaired) electrons. The molecule has 1 aliphatic rings. The molecule has 1 rings (SSSR count). The molecule has 0 spiro atoms. The molecule has 3 atom stereocenters. The van der Waals surface area contributed by atoms with Gasteiger partial charge in [-0.1, -0.05) is 0 Å². The lowest BCUT2D eigenvalue weighted by molar-refractivity contribution is -0.184. The molecular weight excluding hydrogens is 281 g/mol. The number of hydrogen-bond acceptors (Lipinski definition) is 3. The summed E-state index contributed by atoms with van der Waals surface area (Å²) in [5, 5.41) is 20.0. The zero-order valence-corrected chi connectivity index (χ0v) is 10.9. The molecule has 0 aromatic heterocycles. The van der Waals surface area contributed by atoms with Gasteiger partial charge in [0.25, 0.3) is 0 Å². The molecule has 9 heteroatoms. The summed E-state index contributed by atoms with van der Waals surface area (Å²) in [6, 6.07) is -2.46. The number of aliphatic hydroxyl groups is 1. The van der Waals surface area contributed by atoms with E-state index in [4.69, 9.17) is 5.11 Å². The van der Waals surface area contributed by atoms with Gasteiger partial charge < -0.3 is 20.4 Å². The van der Waals surface area contributed by atoms with Crippen molar-refractivity contribution >= 4 is 12.0 Å². The van der Waals surface area contributed by atoms with Crippen molar-refractivity contribution in [1.29, 1.82) is 0 Å². The second-order valence-electron chi connectivity index (χ2n) is 4.83. The van der Waals surface area contributed by atoms with E-state index in [1.165, 1.54) is 6.92 Å². The monoisotopic (exact) mass is 298 g/mol. The number of amides is 2. The molecule has 6 nitrogen and oxygen atoms in total. The Morgan fingerprint density at radius 2 is 2.00 bits per heavy atom. The maximum Gasteiger partial charge on any atom is 0.393 e. The van der Waals surface area contributed by atoms with E-state index in [2.05, 4.69) is 0 Å². The lowest BCUT2D eigenvalue weighted by Crippen LogP contribution is -2.55. The number of aliphatic hydroxyl groups excluding tert-OH is 1. The number of halogens is 3. The first-order valence-corrected chi connectivity index (χ1v) is 6.16. The normalized spacial score (nSPS) is 23.1. The molecule has 20 heavy (non-hydrogen) atoms. The quantitative estimate of drug-likeness (QED) is 0.719. The smallest absolute Gasteiger partial charge is 0.393 e. The van der Waals surface area contributed by atoms with E-state index in [1.807, 2.05) is 5.32 Å². The molecule has 1 heterocycles. The second kappa shape index (κ2) is 6.29. The van der Waals surface area contributed by atoms with Gasteiger partial charge in [-0.25, -0.2) is 9.59 Å². The van der Waals surface area contributed by atoms with Crippen LogP contribution in [0.3, 0.4) is 0 Å². The van der Waals surface area contributed by atoms with Gasteiger partial charge in [-0.05, 0) is 19.8 Å². The molecule has 0 aromatic rings. The Labute approximate surface area is 113 Å². The Hall–Kier alpha value is -1.51. The van der Waals surface area contributed by atoms with Gasteiger partial charge in [0, 0.05) is 13.1 Å². The number of urea groups is 1. The fourth-order valence-corrected chi connectivity index (χ4v) is 2.04. The molecule has 0 aliphatic carbocycles. The second-order valence-corrected chi connectivity index (χ2v) is 4.83. The Morgan fingerprint density at radius 3 is 2.45 bits per heavy atom. The summed E-state index contributed by atoms with van der Waals surface area (Å²) < 4.78 is 37.8. The van der Waals surface area contributed by atoms with Gasteiger partial charge in [0.05, 0.1) is 12.0 Å². The van der Waals surface area contributed by atoms with Gasteiger partial charge >= 0.3 is 18.2 Å². The van der Waals surface area contributed by atoms with Crippen molar-refractivity contribution in [3.05, 3.63) is 0 Å². The fourth-order valence-electron chi connectivity index (χ4n) is 2.04. The van der Waals surface area contributed by atoms with Crippen molar-refractivity contribution in [2.45, 2.75) is 38.1 Å². The fraction of sp³-hybridized carbons (Fsp3) is 0.818. The summed E-state index contributed by atoms with van der Waals surface area (Å²) in [5.74, 6) is -3.05. The van der Waals surface area contributed by atoms with E-state index < -0.39 is 42.8 Å². The number of carboxylic acids is 1. The minimum absolute atomic E-state index is 0.0496. The molecule has 0 aromatic carbocycles. The van der Waals surface area contributed by atoms with Crippen molar-refractivity contribution in [1.82, 2.24) is 10.2 Å². The third-order valence-electron chi connectivity index (χ3n) is 3.20. The number of likely N-dealkylation sites (tertiary alicyclic amines) is 1. The highest BCUT2D eigenvalue weighted by Crippen LogP contribution is 2.33. The maximum atomic E-state index is 12.6. The van der Waals surface area contributed by atoms with E-state index in [1.54, 1.807) is 0 Å². The SMILES string of the molecule is CC(O)C(NC(=O)N1CCCC(C(F)(F)F)C1)C(=O)O. The molecular formula is C11H17F3N2O4. The number of rotatable bonds is 3. The number of piperidine rings is 1. The average Bonchev–Trinajstić information content (AvgIpc) is 2.34. The van der Waals surface area contributed by atoms with Crippen LogP contribution in [0.5, 0.6) is 0 Å². The zero-order chi connectivity index (χ0) is 15.5. The molecule has 1 aliphatic heterocycles. The summed E-state index contributed by atoms with van der Waals surface area (Å²) in [6.07, 6.45) is -5.58. The molecule has 3 unspecified atom stereocenters. The highest BCUT2D eigenvalue weighted by Gasteiger charge is 2.43. The first-order valence-electron chi connectivity index (χ1n) is 6.16. The number of nitrogens with zero attached hydrogens (tertiary/aromatic N) is 1. The van der Waals surface area contributed by atoms with Crippen molar-refractivity contribution in [3.63, 3.8) is 0 Å². The van der Waals surface area contributed by atoms with Crippen LogP contribution in [0.1, 0.15) is 19.8 Å². The van der Waals surface area contributed by atoms with Crippen LogP contribution >= 0.6 is 0 Å². The lowest BCUT2D eigenvalue weighted by Gasteiger charge is -2.34. The van der Waals surface area contributed by atoms with Crippen LogP contribution in [0, 0.1) is 5.92 Å². The summed E-state index contributed by atoms with van der Waals surface area (Å²) in [6.45, 7) is 0.805. The number of carbonyl (C=O) groups is 2. The van der Waals surface area contributed by atoms with E-state index in [0.717, 1.165) is 4.90 Å². The number of hydrogen-bond donors (Lipinski definition) is 3. The van der Waals surface area contributed by atoms with E-state index in [-0.39, 0.29) is 19.4 Å². The number of aliphatic carboxylic acids is 1. The average molecular weight is 298 g/mol. The van der Waals surface area contributed by atoms with E-state index in [9.17, 15) is 27.9 Å². The summed E-state index contributed by atoms with van der Waals surface area (Å²) >= 11 is 0. The van der Waals surface area contributed by atoms with Crippen molar-refractivity contribution in [2.24, 2.45) is 5.92 Å². The summed E-state index contributed by atoms with van der Waals surface area (Å²) in [5.41, 5.74) is 0.